The minimum Gasteiger partial charge on any atom is -0.394 e. The van der Waals surface area contributed by atoms with Crippen molar-refractivity contribution in [2.75, 3.05) is 27.8 Å². The van der Waals surface area contributed by atoms with Crippen LogP contribution in [0, 0.1) is 0 Å². The minimum absolute atomic E-state index is 0.134. The number of nitrogens with one attached hydrogen (secondary N) is 1. The number of methoxy groups -OCH3 is 1. The summed E-state index contributed by atoms with van der Waals surface area (Å²) in [5.41, 5.74) is 0.0151. The predicted molar refractivity (Wildman–Crippen MR) is 91.5 cm³/mol. The third kappa shape index (κ3) is 3.11. The van der Waals surface area contributed by atoms with Gasteiger partial charge in [-0.05, 0) is 0 Å². The Bertz CT molecular complexity index is 910. The zero-order chi connectivity index (χ0) is 19.1. The molecule has 2 fully saturated rings. The second kappa shape index (κ2) is 6.98. The number of hydrogen-bond acceptors (Lipinski definition) is 9. The van der Waals surface area contributed by atoms with Gasteiger partial charge in [-0.1, -0.05) is 0 Å². The van der Waals surface area contributed by atoms with Crippen molar-refractivity contribution in [3.8, 4) is 0 Å². The van der Waals surface area contributed by atoms with Gasteiger partial charge in [-0.2, -0.15) is 4.98 Å². The van der Waals surface area contributed by atoms with Crippen molar-refractivity contribution >= 4 is 23.5 Å². The summed E-state index contributed by atoms with van der Waals surface area (Å²) in [6, 6.07) is 0. The molecule has 2 aromatic heterocycles. The van der Waals surface area contributed by atoms with Crippen LogP contribution < -0.4 is 5.56 Å². The zero-order valence-corrected chi connectivity index (χ0v) is 15.0. The minimum atomic E-state index is -0.855. The molecule has 27 heavy (non-hydrogen) atoms. The Morgan fingerprint density at radius 3 is 2.89 bits per heavy atom. The van der Waals surface area contributed by atoms with Gasteiger partial charge in [-0.15, -0.1) is 0 Å². The van der Waals surface area contributed by atoms with E-state index in [4.69, 9.17) is 18.9 Å². The highest BCUT2D eigenvalue weighted by molar-refractivity contribution is 5.71. The molecule has 0 radical (unpaired) electrons. The van der Waals surface area contributed by atoms with Crippen LogP contribution in [0.1, 0.15) is 6.23 Å². The first-order valence-corrected chi connectivity index (χ1v) is 8.29. The topological polar surface area (TPSA) is 136 Å². The van der Waals surface area contributed by atoms with Gasteiger partial charge in [-0.3, -0.25) is 14.3 Å². The summed E-state index contributed by atoms with van der Waals surface area (Å²) < 4.78 is 23.9. The molecule has 12 nitrogen and oxygen atoms in total. The number of aliphatic hydroxyl groups excluding tert-OH is 1. The fourth-order valence-electron chi connectivity index (χ4n) is 3.12. The van der Waals surface area contributed by atoms with E-state index in [1.807, 2.05) is 0 Å². The van der Waals surface area contributed by atoms with Crippen molar-refractivity contribution in [3.63, 3.8) is 0 Å². The second-order valence-electron chi connectivity index (χ2n) is 6.40. The third-order valence-electron chi connectivity index (χ3n) is 4.30. The molecule has 4 heterocycles. The number of fused-ring (bicyclic) bond motifs is 2. The molecule has 2 aliphatic heterocycles. The zero-order valence-electron chi connectivity index (χ0n) is 15.0. The van der Waals surface area contributed by atoms with E-state index in [2.05, 4.69) is 19.9 Å². The first-order chi connectivity index (χ1) is 13.0. The molecule has 2 aromatic rings. The average molecular weight is 380 g/mol. The third-order valence-corrected chi connectivity index (χ3v) is 4.30. The smallest absolute Gasteiger partial charge is 0.280 e. The quantitative estimate of drug-likeness (QED) is 0.491. The lowest BCUT2D eigenvalue weighted by Gasteiger charge is -2.19. The van der Waals surface area contributed by atoms with Crippen LogP contribution in [-0.2, 0) is 18.9 Å². The van der Waals surface area contributed by atoms with E-state index in [1.54, 1.807) is 23.6 Å². The van der Waals surface area contributed by atoms with E-state index in [0.29, 0.717) is 0 Å². The standard InChI is InChI=1S/C15H20N6O6/c1-20(2)5-17-14-18-11-8(12(23)19-14)16-6-21(11)13-10-9(7(4-22)25-13)26-15(24-3)27-10/h5-7,9-10,13,15,22H,4H2,1-3H3,(H,18,19,23)/b17-5+. The highest BCUT2D eigenvalue weighted by atomic mass is 16.9. The van der Waals surface area contributed by atoms with E-state index in [0.717, 1.165) is 0 Å². The van der Waals surface area contributed by atoms with Crippen LogP contribution in [0.15, 0.2) is 16.1 Å². The molecule has 2 saturated heterocycles. The van der Waals surface area contributed by atoms with Crippen molar-refractivity contribution in [1.82, 2.24) is 24.4 Å². The summed E-state index contributed by atoms with van der Waals surface area (Å²) in [5.74, 6) is 0.134. The second-order valence-corrected chi connectivity index (χ2v) is 6.40. The summed E-state index contributed by atoms with van der Waals surface area (Å²) >= 11 is 0. The molecule has 12 heteroatoms. The van der Waals surface area contributed by atoms with E-state index in [-0.39, 0.29) is 23.7 Å². The van der Waals surface area contributed by atoms with Crippen molar-refractivity contribution in [3.05, 3.63) is 16.7 Å². The lowest BCUT2D eigenvalue weighted by molar-refractivity contribution is -0.256. The molecular formula is C15H20N6O6. The monoisotopic (exact) mass is 380 g/mol. The van der Waals surface area contributed by atoms with Gasteiger partial charge >= 0.3 is 0 Å². The van der Waals surface area contributed by atoms with Gasteiger partial charge in [0.05, 0.1) is 19.3 Å². The SMILES string of the molecule is COC1OC2C(CO)OC(n3cnc4c(=O)[nH]c(/N=C/N(C)C)nc43)C2O1. The van der Waals surface area contributed by atoms with Crippen molar-refractivity contribution in [2.45, 2.75) is 31.0 Å². The molecule has 0 saturated carbocycles. The van der Waals surface area contributed by atoms with E-state index in [9.17, 15) is 9.90 Å². The highest BCUT2D eigenvalue weighted by Gasteiger charge is 2.53. The summed E-state index contributed by atoms with van der Waals surface area (Å²) in [5, 5.41) is 9.59. The normalized spacial score (nSPS) is 30.4. The molecule has 5 atom stereocenters. The summed E-state index contributed by atoms with van der Waals surface area (Å²) in [7, 11) is 5.06. The average Bonchev–Trinajstić information content (AvgIpc) is 3.32. The van der Waals surface area contributed by atoms with Gasteiger partial charge in [0.15, 0.2) is 17.4 Å². The van der Waals surface area contributed by atoms with Gasteiger partial charge in [-0.25, -0.2) is 9.98 Å². The maximum atomic E-state index is 12.3. The number of aromatic nitrogens is 4. The largest absolute Gasteiger partial charge is 0.394 e. The maximum Gasteiger partial charge on any atom is 0.280 e. The number of H-pyrrole nitrogens is 1. The van der Waals surface area contributed by atoms with Crippen LogP contribution in [0.4, 0.5) is 5.95 Å². The van der Waals surface area contributed by atoms with E-state index in [1.165, 1.54) is 19.8 Å². The molecule has 0 bridgehead atoms. The molecule has 5 unspecified atom stereocenters. The Morgan fingerprint density at radius 1 is 1.41 bits per heavy atom. The Morgan fingerprint density at radius 2 is 2.19 bits per heavy atom. The van der Waals surface area contributed by atoms with E-state index >= 15 is 0 Å². The molecule has 146 valence electrons. The van der Waals surface area contributed by atoms with Gasteiger partial charge in [0.1, 0.15) is 18.3 Å². The lowest BCUT2D eigenvalue weighted by Crippen LogP contribution is -2.31. The van der Waals surface area contributed by atoms with Crippen molar-refractivity contribution in [2.24, 2.45) is 4.99 Å². The van der Waals surface area contributed by atoms with Crippen LogP contribution in [0.5, 0.6) is 0 Å². The molecular weight excluding hydrogens is 360 g/mol. The fourth-order valence-corrected chi connectivity index (χ4v) is 3.12. The lowest BCUT2D eigenvalue weighted by atomic mass is 10.1. The van der Waals surface area contributed by atoms with E-state index < -0.39 is 36.6 Å². The Hall–Kier alpha value is -2.38. The number of aliphatic hydroxyl groups is 1. The fraction of sp³-hybridized carbons (Fsp3) is 0.600. The maximum absolute atomic E-state index is 12.3. The van der Waals surface area contributed by atoms with Crippen LogP contribution in [-0.4, -0.2) is 88.5 Å². The molecule has 0 aliphatic carbocycles. The van der Waals surface area contributed by atoms with Gasteiger partial charge in [0, 0.05) is 21.2 Å². The number of aromatic amines is 1. The van der Waals surface area contributed by atoms with Crippen molar-refractivity contribution in [1.29, 1.82) is 0 Å². The van der Waals surface area contributed by atoms with Crippen LogP contribution in [0.3, 0.4) is 0 Å². The van der Waals surface area contributed by atoms with Gasteiger partial charge in [0.2, 0.25) is 5.95 Å². The molecule has 2 N–H and O–H groups in total. The summed E-state index contributed by atoms with van der Waals surface area (Å²) in [6.07, 6.45) is 0.585. The molecule has 4 rings (SSSR count). The summed E-state index contributed by atoms with van der Waals surface area (Å²) in [4.78, 5) is 29.2. The summed E-state index contributed by atoms with van der Waals surface area (Å²) in [6.45, 7) is -1.11. The Balaban J connectivity index is 1.74. The Kier molecular flexibility index (Phi) is 4.65. The van der Waals surface area contributed by atoms with Crippen LogP contribution in [0.2, 0.25) is 0 Å². The number of hydrogen-bond donors (Lipinski definition) is 2. The van der Waals surface area contributed by atoms with Crippen LogP contribution >= 0.6 is 0 Å². The number of ether oxygens (including phenoxy) is 4. The Labute approximate surface area is 153 Å². The molecule has 0 amide bonds. The number of rotatable bonds is 5. The molecule has 2 aliphatic rings. The van der Waals surface area contributed by atoms with Crippen LogP contribution in [0.25, 0.3) is 11.2 Å². The highest BCUT2D eigenvalue weighted by Crippen LogP contribution is 2.40. The molecule has 0 spiro atoms. The van der Waals surface area contributed by atoms with Crippen molar-refractivity contribution < 1.29 is 24.1 Å². The number of aliphatic imine (C=N–C) groups is 1. The van der Waals surface area contributed by atoms with Gasteiger partial charge in [0.25, 0.3) is 12.0 Å². The number of nitrogens with zero attached hydrogens (tertiary/aromatic N) is 5. The first kappa shape index (κ1) is 18.0. The van der Waals surface area contributed by atoms with Gasteiger partial charge < -0.3 is 29.0 Å². The molecule has 0 aromatic carbocycles. The number of imidazole rings is 1. The first-order valence-electron chi connectivity index (χ1n) is 8.29. The predicted octanol–water partition coefficient (Wildman–Crippen LogP) is -1.06.